The SMILES string of the molecule is CCOC(=O)C1=C(C)N(CC)C(=O)NC1c1cccc(NC(=O)c2cccc(OC)c2)c1. The van der Waals surface area contributed by atoms with Crippen LogP contribution in [0.1, 0.15) is 42.7 Å². The summed E-state index contributed by atoms with van der Waals surface area (Å²) >= 11 is 0. The number of hydrogen-bond acceptors (Lipinski definition) is 5. The van der Waals surface area contributed by atoms with Gasteiger partial charge in [-0.05, 0) is 56.7 Å². The minimum absolute atomic E-state index is 0.221. The van der Waals surface area contributed by atoms with Crippen molar-refractivity contribution >= 4 is 23.6 Å². The van der Waals surface area contributed by atoms with Crippen LogP contribution in [0, 0.1) is 0 Å². The summed E-state index contributed by atoms with van der Waals surface area (Å²) in [7, 11) is 1.54. The predicted octanol–water partition coefficient (Wildman–Crippen LogP) is 3.87. The third kappa shape index (κ3) is 4.74. The van der Waals surface area contributed by atoms with E-state index in [9.17, 15) is 14.4 Å². The minimum Gasteiger partial charge on any atom is -0.497 e. The molecular formula is C24H27N3O5. The molecule has 168 valence electrons. The Hall–Kier alpha value is -3.81. The van der Waals surface area contributed by atoms with E-state index in [0.717, 1.165) is 0 Å². The Morgan fingerprint density at radius 3 is 2.56 bits per heavy atom. The van der Waals surface area contributed by atoms with Crippen LogP contribution in [0.3, 0.4) is 0 Å². The molecule has 3 rings (SSSR count). The van der Waals surface area contributed by atoms with Crippen LogP contribution in [-0.2, 0) is 9.53 Å². The Bertz CT molecular complexity index is 1060. The number of anilines is 1. The van der Waals surface area contributed by atoms with Crippen molar-refractivity contribution in [3.63, 3.8) is 0 Å². The molecular weight excluding hydrogens is 410 g/mol. The molecule has 0 saturated carbocycles. The molecule has 0 spiro atoms. The lowest BCUT2D eigenvalue weighted by Gasteiger charge is -2.34. The van der Waals surface area contributed by atoms with Gasteiger partial charge in [-0.3, -0.25) is 9.69 Å². The Balaban J connectivity index is 1.92. The van der Waals surface area contributed by atoms with Crippen molar-refractivity contribution in [3.8, 4) is 5.75 Å². The molecule has 0 aliphatic carbocycles. The van der Waals surface area contributed by atoms with Gasteiger partial charge in [0.25, 0.3) is 5.91 Å². The molecule has 0 fully saturated rings. The van der Waals surface area contributed by atoms with Gasteiger partial charge in [0, 0.05) is 23.5 Å². The first-order valence-corrected chi connectivity index (χ1v) is 10.4. The van der Waals surface area contributed by atoms with Gasteiger partial charge in [-0.1, -0.05) is 18.2 Å². The lowest BCUT2D eigenvalue weighted by molar-refractivity contribution is -0.139. The molecule has 8 heteroatoms. The minimum atomic E-state index is -0.696. The molecule has 1 unspecified atom stereocenters. The number of urea groups is 1. The second-order valence-corrected chi connectivity index (χ2v) is 7.16. The molecule has 1 heterocycles. The maximum atomic E-state index is 12.7. The summed E-state index contributed by atoms with van der Waals surface area (Å²) in [5, 5.41) is 5.73. The molecule has 0 bridgehead atoms. The van der Waals surface area contributed by atoms with Gasteiger partial charge in [0.2, 0.25) is 0 Å². The Labute approximate surface area is 187 Å². The van der Waals surface area contributed by atoms with E-state index in [-0.39, 0.29) is 18.5 Å². The molecule has 2 N–H and O–H groups in total. The number of methoxy groups -OCH3 is 1. The lowest BCUT2D eigenvalue weighted by Crippen LogP contribution is -2.47. The summed E-state index contributed by atoms with van der Waals surface area (Å²) in [5.74, 6) is -0.209. The van der Waals surface area contributed by atoms with Gasteiger partial charge >= 0.3 is 12.0 Å². The molecule has 0 radical (unpaired) electrons. The predicted molar refractivity (Wildman–Crippen MR) is 120 cm³/mol. The van der Waals surface area contributed by atoms with Gasteiger partial charge in [-0.15, -0.1) is 0 Å². The average molecular weight is 437 g/mol. The second kappa shape index (κ2) is 10.00. The Kier molecular flexibility index (Phi) is 7.14. The monoisotopic (exact) mass is 437 g/mol. The number of allylic oxidation sites excluding steroid dienone is 1. The van der Waals surface area contributed by atoms with Crippen molar-refractivity contribution in [2.45, 2.75) is 26.8 Å². The molecule has 32 heavy (non-hydrogen) atoms. The highest BCUT2D eigenvalue weighted by Gasteiger charge is 2.35. The Morgan fingerprint density at radius 1 is 1.12 bits per heavy atom. The van der Waals surface area contributed by atoms with Gasteiger partial charge in [0.05, 0.1) is 25.3 Å². The van der Waals surface area contributed by atoms with Gasteiger partial charge in [-0.2, -0.15) is 0 Å². The van der Waals surface area contributed by atoms with Gasteiger partial charge in [-0.25, -0.2) is 9.59 Å². The van der Waals surface area contributed by atoms with E-state index < -0.39 is 12.0 Å². The highest BCUT2D eigenvalue weighted by molar-refractivity contribution is 6.04. The second-order valence-electron chi connectivity index (χ2n) is 7.16. The van der Waals surface area contributed by atoms with Crippen LogP contribution in [0.2, 0.25) is 0 Å². The molecule has 1 aliphatic rings. The zero-order valence-electron chi connectivity index (χ0n) is 18.6. The van der Waals surface area contributed by atoms with E-state index in [1.54, 1.807) is 62.4 Å². The van der Waals surface area contributed by atoms with Crippen molar-refractivity contribution in [1.82, 2.24) is 10.2 Å². The van der Waals surface area contributed by atoms with Crippen LogP contribution in [0.15, 0.2) is 59.8 Å². The molecule has 8 nitrogen and oxygen atoms in total. The fraction of sp³-hybridized carbons (Fsp3) is 0.292. The molecule has 2 aromatic carbocycles. The zero-order valence-corrected chi connectivity index (χ0v) is 18.6. The summed E-state index contributed by atoms with van der Waals surface area (Å²) < 4.78 is 10.4. The fourth-order valence-corrected chi connectivity index (χ4v) is 3.65. The number of hydrogen-bond donors (Lipinski definition) is 2. The first-order chi connectivity index (χ1) is 15.4. The third-order valence-corrected chi connectivity index (χ3v) is 5.22. The van der Waals surface area contributed by atoms with E-state index in [2.05, 4.69) is 10.6 Å². The summed E-state index contributed by atoms with van der Waals surface area (Å²) in [6.07, 6.45) is 0. The lowest BCUT2D eigenvalue weighted by atomic mass is 9.94. The van der Waals surface area contributed by atoms with E-state index in [1.807, 2.05) is 6.92 Å². The van der Waals surface area contributed by atoms with Crippen LogP contribution in [0.5, 0.6) is 5.75 Å². The molecule has 1 aliphatic heterocycles. The van der Waals surface area contributed by atoms with Crippen LogP contribution in [-0.4, -0.2) is 43.1 Å². The van der Waals surface area contributed by atoms with Crippen LogP contribution in [0.25, 0.3) is 0 Å². The first-order valence-electron chi connectivity index (χ1n) is 10.4. The number of amides is 3. The van der Waals surface area contributed by atoms with Crippen LogP contribution >= 0.6 is 0 Å². The van der Waals surface area contributed by atoms with Gasteiger partial charge in [0.1, 0.15) is 5.75 Å². The smallest absolute Gasteiger partial charge is 0.338 e. The topological polar surface area (TPSA) is 97.0 Å². The van der Waals surface area contributed by atoms with Crippen molar-refractivity contribution in [3.05, 3.63) is 70.9 Å². The number of carbonyl (C=O) groups excluding carboxylic acids is 3. The van der Waals surface area contributed by atoms with Crippen molar-refractivity contribution in [2.75, 3.05) is 25.6 Å². The largest absolute Gasteiger partial charge is 0.497 e. The summed E-state index contributed by atoms with van der Waals surface area (Å²) in [5.41, 5.74) is 2.54. The standard InChI is InChI=1S/C24H27N3O5/c1-5-27-15(3)20(23(29)32-6-2)21(26-24(27)30)16-9-7-11-18(13-16)25-22(28)17-10-8-12-19(14-17)31-4/h7-14,21H,5-6H2,1-4H3,(H,25,28)(H,26,30). The number of carbonyl (C=O) groups is 3. The normalized spacial score (nSPS) is 15.8. The number of nitrogens with one attached hydrogen (secondary N) is 2. The maximum Gasteiger partial charge on any atom is 0.338 e. The van der Waals surface area contributed by atoms with Crippen molar-refractivity contribution < 1.29 is 23.9 Å². The van der Waals surface area contributed by atoms with Crippen molar-refractivity contribution in [2.24, 2.45) is 0 Å². The highest BCUT2D eigenvalue weighted by atomic mass is 16.5. The number of benzene rings is 2. The molecule has 0 aromatic heterocycles. The summed E-state index contributed by atoms with van der Waals surface area (Å²) in [4.78, 5) is 39.5. The van der Waals surface area contributed by atoms with Crippen LogP contribution in [0.4, 0.5) is 10.5 Å². The number of esters is 1. The van der Waals surface area contributed by atoms with E-state index in [1.165, 1.54) is 12.0 Å². The maximum absolute atomic E-state index is 12.7. The molecule has 3 amide bonds. The van der Waals surface area contributed by atoms with E-state index in [4.69, 9.17) is 9.47 Å². The third-order valence-electron chi connectivity index (χ3n) is 5.22. The number of nitrogens with zero attached hydrogens (tertiary/aromatic N) is 1. The van der Waals surface area contributed by atoms with E-state index >= 15 is 0 Å². The fourth-order valence-electron chi connectivity index (χ4n) is 3.65. The quantitative estimate of drug-likeness (QED) is 0.641. The average Bonchev–Trinajstić information content (AvgIpc) is 2.79. The number of rotatable bonds is 7. The number of ether oxygens (including phenoxy) is 2. The van der Waals surface area contributed by atoms with Crippen molar-refractivity contribution in [1.29, 1.82) is 0 Å². The van der Waals surface area contributed by atoms with Gasteiger partial charge < -0.3 is 20.1 Å². The molecule has 1 atom stereocenters. The molecule has 2 aromatic rings. The Morgan fingerprint density at radius 2 is 1.88 bits per heavy atom. The summed E-state index contributed by atoms with van der Waals surface area (Å²) in [6.45, 7) is 5.94. The van der Waals surface area contributed by atoms with Gasteiger partial charge in [0.15, 0.2) is 0 Å². The highest BCUT2D eigenvalue weighted by Crippen LogP contribution is 2.32. The summed E-state index contributed by atoms with van der Waals surface area (Å²) in [6, 6.07) is 12.9. The molecule has 0 saturated heterocycles. The first kappa shape index (κ1) is 22.9. The van der Waals surface area contributed by atoms with E-state index in [0.29, 0.717) is 40.4 Å². The van der Waals surface area contributed by atoms with Crippen LogP contribution < -0.4 is 15.4 Å². The zero-order chi connectivity index (χ0) is 23.3.